The van der Waals surface area contributed by atoms with Crippen LogP contribution < -0.4 is 0 Å². The van der Waals surface area contributed by atoms with E-state index in [4.69, 9.17) is 11.6 Å². The van der Waals surface area contributed by atoms with Crippen molar-refractivity contribution >= 4 is 22.5 Å². The summed E-state index contributed by atoms with van der Waals surface area (Å²) in [5, 5.41) is 21.4. The van der Waals surface area contributed by atoms with Gasteiger partial charge in [-0.25, -0.2) is 0 Å². The van der Waals surface area contributed by atoms with E-state index >= 15 is 0 Å². The Bertz CT molecular complexity index is 859. The zero-order valence-electron chi connectivity index (χ0n) is 13.0. The van der Waals surface area contributed by atoms with Crippen LogP contribution in [-0.2, 0) is 0 Å². The van der Waals surface area contributed by atoms with E-state index in [-0.39, 0.29) is 6.61 Å². The highest BCUT2D eigenvalue weighted by Crippen LogP contribution is 2.37. The van der Waals surface area contributed by atoms with Crippen LogP contribution in [0.1, 0.15) is 22.9 Å². The molecule has 0 aliphatic heterocycles. The van der Waals surface area contributed by atoms with Crippen molar-refractivity contribution in [1.82, 2.24) is 4.98 Å². The van der Waals surface area contributed by atoms with Crippen LogP contribution in [0.2, 0.25) is 5.02 Å². The number of hydrogen-bond donors (Lipinski definition) is 2. The van der Waals surface area contributed by atoms with Gasteiger partial charge in [0, 0.05) is 16.1 Å². The first-order valence-corrected chi connectivity index (χ1v) is 7.84. The van der Waals surface area contributed by atoms with Crippen LogP contribution in [0.5, 0.6) is 0 Å². The highest BCUT2D eigenvalue weighted by Gasteiger charge is 2.19. The molecule has 0 bridgehead atoms. The maximum atomic E-state index is 10.3. The van der Waals surface area contributed by atoms with Crippen molar-refractivity contribution in [3.8, 4) is 11.1 Å². The molecule has 0 amide bonds. The first kappa shape index (κ1) is 15.9. The van der Waals surface area contributed by atoms with Crippen LogP contribution >= 0.6 is 11.6 Å². The van der Waals surface area contributed by atoms with E-state index in [1.54, 1.807) is 0 Å². The molecule has 0 radical (unpaired) electrons. The Labute approximate surface area is 140 Å². The van der Waals surface area contributed by atoms with Gasteiger partial charge >= 0.3 is 0 Å². The van der Waals surface area contributed by atoms with Gasteiger partial charge in [-0.1, -0.05) is 29.8 Å². The van der Waals surface area contributed by atoms with Gasteiger partial charge < -0.3 is 10.2 Å². The topological polar surface area (TPSA) is 53.4 Å². The molecule has 1 atom stereocenters. The Morgan fingerprint density at radius 1 is 1.09 bits per heavy atom. The van der Waals surface area contributed by atoms with Gasteiger partial charge in [-0.3, -0.25) is 4.98 Å². The summed E-state index contributed by atoms with van der Waals surface area (Å²) >= 11 is 6.00. The first-order valence-electron chi connectivity index (χ1n) is 7.47. The number of pyridine rings is 1. The van der Waals surface area contributed by atoms with Crippen molar-refractivity contribution in [2.24, 2.45) is 0 Å². The molecule has 3 rings (SSSR count). The minimum Gasteiger partial charge on any atom is -0.393 e. The van der Waals surface area contributed by atoms with Gasteiger partial charge in [-0.05, 0) is 60.4 Å². The summed E-state index contributed by atoms with van der Waals surface area (Å²) in [5.74, 6) is 0. The predicted molar refractivity (Wildman–Crippen MR) is 93.7 cm³/mol. The third-order valence-corrected chi connectivity index (χ3v) is 4.27. The number of aliphatic hydroxyl groups is 2. The van der Waals surface area contributed by atoms with Crippen LogP contribution in [0.4, 0.5) is 0 Å². The standard InChI is InChI=1S/C19H18ClNO2/c1-11-9-16-15(8-3-12(2)21-16)19(18(11)17(23)10-22)13-4-6-14(20)7-5-13/h3-9,17,22-23H,10H2,1-2H3. The Hall–Kier alpha value is -1.94. The van der Waals surface area contributed by atoms with Crippen molar-refractivity contribution in [3.63, 3.8) is 0 Å². The maximum absolute atomic E-state index is 10.3. The summed E-state index contributed by atoms with van der Waals surface area (Å²) in [4.78, 5) is 4.60. The van der Waals surface area contributed by atoms with Crippen LogP contribution in [-0.4, -0.2) is 21.8 Å². The zero-order chi connectivity index (χ0) is 16.6. The minimum atomic E-state index is -0.939. The molecule has 2 N–H and O–H groups in total. The lowest BCUT2D eigenvalue weighted by Gasteiger charge is -2.19. The fourth-order valence-electron chi connectivity index (χ4n) is 2.97. The second kappa shape index (κ2) is 6.28. The Morgan fingerprint density at radius 3 is 2.43 bits per heavy atom. The molecule has 0 saturated carbocycles. The molecule has 2 aromatic carbocycles. The summed E-state index contributed by atoms with van der Waals surface area (Å²) in [6.45, 7) is 3.55. The number of hydrogen-bond acceptors (Lipinski definition) is 3. The van der Waals surface area contributed by atoms with Crippen molar-refractivity contribution < 1.29 is 10.2 Å². The van der Waals surface area contributed by atoms with Crippen molar-refractivity contribution in [2.45, 2.75) is 20.0 Å². The highest BCUT2D eigenvalue weighted by molar-refractivity contribution is 6.30. The number of nitrogens with zero attached hydrogens (tertiary/aromatic N) is 1. The monoisotopic (exact) mass is 327 g/mol. The molecule has 3 nitrogen and oxygen atoms in total. The van der Waals surface area contributed by atoms with Crippen LogP contribution in [0.3, 0.4) is 0 Å². The van der Waals surface area contributed by atoms with Gasteiger partial charge in [0.15, 0.2) is 0 Å². The van der Waals surface area contributed by atoms with E-state index in [9.17, 15) is 10.2 Å². The lowest BCUT2D eigenvalue weighted by molar-refractivity contribution is 0.0956. The zero-order valence-corrected chi connectivity index (χ0v) is 13.8. The quantitative estimate of drug-likeness (QED) is 0.758. The molecular weight excluding hydrogens is 310 g/mol. The average Bonchev–Trinajstić information content (AvgIpc) is 2.53. The van der Waals surface area contributed by atoms with E-state index in [1.165, 1.54) is 0 Å². The smallest absolute Gasteiger partial charge is 0.103 e. The normalized spacial score (nSPS) is 12.6. The molecule has 0 saturated heterocycles. The van der Waals surface area contributed by atoms with Gasteiger partial charge in [0.2, 0.25) is 0 Å². The SMILES string of the molecule is Cc1ccc2c(-c3ccc(Cl)cc3)c(C(O)CO)c(C)cc2n1. The van der Waals surface area contributed by atoms with E-state index in [2.05, 4.69) is 4.98 Å². The summed E-state index contributed by atoms with van der Waals surface area (Å²) in [6.07, 6.45) is -0.939. The second-order valence-electron chi connectivity index (χ2n) is 5.71. The fourth-order valence-corrected chi connectivity index (χ4v) is 3.10. The summed E-state index contributed by atoms with van der Waals surface area (Å²) in [6, 6.07) is 13.4. The third-order valence-electron chi connectivity index (χ3n) is 4.02. The highest BCUT2D eigenvalue weighted by atomic mass is 35.5. The molecule has 0 aliphatic carbocycles. The predicted octanol–water partition coefficient (Wildman–Crippen LogP) is 4.20. The lowest BCUT2D eigenvalue weighted by Crippen LogP contribution is -2.08. The molecule has 1 heterocycles. The fraction of sp³-hybridized carbons (Fsp3) is 0.211. The minimum absolute atomic E-state index is 0.327. The van der Waals surface area contributed by atoms with Gasteiger partial charge in [-0.15, -0.1) is 0 Å². The molecule has 0 fully saturated rings. The Balaban J connectivity index is 2.40. The molecule has 3 aromatic rings. The number of aliphatic hydroxyl groups excluding tert-OH is 2. The van der Waals surface area contributed by atoms with E-state index in [1.807, 2.05) is 56.3 Å². The number of fused-ring (bicyclic) bond motifs is 1. The maximum Gasteiger partial charge on any atom is 0.103 e. The van der Waals surface area contributed by atoms with Gasteiger partial charge in [0.1, 0.15) is 6.10 Å². The van der Waals surface area contributed by atoms with Gasteiger partial charge in [0.05, 0.1) is 12.1 Å². The molecule has 1 aromatic heterocycles. The number of rotatable bonds is 3. The molecule has 1 unspecified atom stereocenters. The second-order valence-corrected chi connectivity index (χ2v) is 6.14. The molecule has 118 valence electrons. The van der Waals surface area contributed by atoms with Crippen molar-refractivity contribution in [2.75, 3.05) is 6.61 Å². The van der Waals surface area contributed by atoms with Crippen LogP contribution in [0, 0.1) is 13.8 Å². The lowest BCUT2D eigenvalue weighted by atomic mass is 9.89. The average molecular weight is 328 g/mol. The molecule has 0 aliphatic rings. The van der Waals surface area contributed by atoms with Crippen molar-refractivity contribution in [1.29, 1.82) is 0 Å². The largest absolute Gasteiger partial charge is 0.393 e. The number of halogens is 1. The summed E-state index contributed by atoms with van der Waals surface area (Å²) < 4.78 is 0. The third kappa shape index (κ3) is 2.95. The van der Waals surface area contributed by atoms with Gasteiger partial charge in [0.25, 0.3) is 0 Å². The molecule has 23 heavy (non-hydrogen) atoms. The first-order chi connectivity index (χ1) is 11.0. The molecular formula is C19H18ClNO2. The number of benzene rings is 2. The van der Waals surface area contributed by atoms with E-state index in [0.717, 1.165) is 38.9 Å². The Morgan fingerprint density at radius 2 is 1.78 bits per heavy atom. The number of aryl methyl sites for hydroxylation is 2. The van der Waals surface area contributed by atoms with E-state index in [0.29, 0.717) is 5.02 Å². The Kier molecular flexibility index (Phi) is 4.35. The summed E-state index contributed by atoms with van der Waals surface area (Å²) in [5.41, 5.74) is 5.28. The van der Waals surface area contributed by atoms with E-state index < -0.39 is 6.10 Å². The van der Waals surface area contributed by atoms with Crippen LogP contribution in [0.15, 0.2) is 42.5 Å². The molecule has 0 spiro atoms. The van der Waals surface area contributed by atoms with Crippen LogP contribution in [0.25, 0.3) is 22.0 Å². The number of aromatic nitrogens is 1. The molecule has 4 heteroatoms. The van der Waals surface area contributed by atoms with Gasteiger partial charge in [-0.2, -0.15) is 0 Å². The summed E-state index contributed by atoms with van der Waals surface area (Å²) in [7, 11) is 0. The van der Waals surface area contributed by atoms with Crippen molar-refractivity contribution in [3.05, 3.63) is 64.3 Å².